The Morgan fingerprint density at radius 2 is 1.76 bits per heavy atom. The number of rotatable bonds is 6. The maximum absolute atomic E-state index is 13.4. The number of amides is 4. The van der Waals surface area contributed by atoms with Gasteiger partial charge in [0.25, 0.3) is 5.91 Å². The standard InChI is InChI=1S/C33H30N4O4S/c38-28-12-11-27(31(40)35-28)37-26-10-9-22(24-7-4-8-25(30(24)26)33(37)41)18-23-19-34-32(42-23)21-13-15-36(16-14-21)29(39)17-20-5-2-1-3-6-20/h1-10,19,21,27H,11-18H2,(H,35,38,40). The van der Waals surface area contributed by atoms with Crippen LogP contribution in [-0.4, -0.2) is 52.6 Å². The summed E-state index contributed by atoms with van der Waals surface area (Å²) in [5.41, 5.74) is 3.46. The van der Waals surface area contributed by atoms with E-state index in [-0.39, 0.29) is 24.1 Å². The molecule has 4 amide bonds. The zero-order valence-electron chi connectivity index (χ0n) is 23.0. The van der Waals surface area contributed by atoms with Crippen molar-refractivity contribution >= 4 is 51.4 Å². The Labute approximate surface area is 247 Å². The number of hydrogen-bond acceptors (Lipinski definition) is 6. The van der Waals surface area contributed by atoms with E-state index >= 15 is 0 Å². The summed E-state index contributed by atoms with van der Waals surface area (Å²) in [5.74, 6) is -0.394. The van der Waals surface area contributed by atoms with Gasteiger partial charge in [0.2, 0.25) is 17.7 Å². The van der Waals surface area contributed by atoms with E-state index in [0.29, 0.717) is 30.7 Å². The van der Waals surface area contributed by atoms with Crippen LogP contribution in [0.1, 0.15) is 63.0 Å². The molecule has 4 aromatic rings. The van der Waals surface area contributed by atoms with Crippen LogP contribution in [0.4, 0.5) is 5.69 Å². The third kappa shape index (κ3) is 4.77. The molecule has 3 aromatic carbocycles. The van der Waals surface area contributed by atoms with Gasteiger partial charge in [-0.3, -0.25) is 29.4 Å². The Kier molecular flexibility index (Phi) is 6.82. The molecular weight excluding hydrogens is 548 g/mol. The van der Waals surface area contributed by atoms with Crippen molar-refractivity contribution in [3.8, 4) is 0 Å². The summed E-state index contributed by atoms with van der Waals surface area (Å²) in [6.45, 7) is 1.50. The highest BCUT2D eigenvalue weighted by Crippen LogP contribution is 2.42. The van der Waals surface area contributed by atoms with E-state index in [2.05, 4.69) is 5.32 Å². The molecule has 0 radical (unpaired) electrons. The molecule has 0 bridgehead atoms. The molecule has 7 rings (SSSR count). The van der Waals surface area contributed by atoms with Crippen molar-refractivity contribution in [1.29, 1.82) is 0 Å². The van der Waals surface area contributed by atoms with Crippen molar-refractivity contribution in [2.75, 3.05) is 18.0 Å². The van der Waals surface area contributed by atoms with E-state index in [4.69, 9.17) is 4.98 Å². The van der Waals surface area contributed by atoms with Gasteiger partial charge in [-0.1, -0.05) is 48.5 Å². The van der Waals surface area contributed by atoms with Crippen LogP contribution in [0.15, 0.2) is 66.9 Å². The van der Waals surface area contributed by atoms with Crippen LogP contribution < -0.4 is 10.2 Å². The van der Waals surface area contributed by atoms with Crippen molar-refractivity contribution < 1.29 is 19.2 Å². The molecule has 0 saturated carbocycles. The fourth-order valence-corrected chi connectivity index (χ4v) is 7.61. The van der Waals surface area contributed by atoms with Crippen LogP contribution in [0.2, 0.25) is 0 Å². The highest BCUT2D eigenvalue weighted by atomic mass is 32.1. The summed E-state index contributed by atoms with van der Waals surface area (Å²) in [6, 6.07) is 18.9. The predicted octanol–water partition coefficient (Wildman–Crippen LogP) is 4.60. The number of hydrogen-bond donors (Lipinski definition) is 1. The number of carbonyl (C=O) groups excluding carboxylic acids is 4. The van der Waals surface area contributed by atoms with Crippen LogP contribution in [-0.2, 0) is 27.2 Å². The zero-order valence-corrected chi connectivity index (χ0v) is 23.9. The second-order valence-electron chi connectivity index (χ2n) is 11.3. The second kappa shape index (κ2) is 10.8. The molecule has 4 heterocycles. The average molecular weight is 579 g/mol. The van der Waals surface area contributed by atoms with Crippen molar-refractivity contribution in [2.45, 2.75) is 50.5 Å². The third-order valence-corrected chi connectivity index (χ3v) is 9.83. The molecule has 1 N–H and O–H groups in total. The minimum atomic E-state index is -0.694. The monoisotopic (exact) mass is 578 g/mol. The Morgan fingerprint density at radius 1 is 0.952 bits per heavy atom. The maximum atomic E-state index is 13.4. The molecule has 42 heavy (non-hydrogen) atoms. The number of imide groups is 1. The molecule has 9 heteroatoms. The van der Waals surface area contributed by atoms with Gasteiger partial charge in [-0.2, -0.15) is 0 Å². The lowest BCUT2D eigenvalue weighted by molar-refractivity contribution is -0.134. The Balaban J connectivity index is 1.05. The molecule has 1 aromatic heterocycles. The second-order valence-corrected chi connectivity index (χ2v) is 12.4. The van der Waals surface area contributed by atoms with E-state index in [9.17, 15) is 19.2 Å². The molecule has 2 saturated heterocycles. The molecule has 1 unspecified atom stereocenters. The van der Waals surface area contributed by atoms with E-state index < -0.39 is 11.9 Å². The number of carbonyl (C=O) groups is 4. The fourth-order valence-electron chi connectivity index (χ4n) is 6.50. The lowest BCUT2D eigenvalue weighted by atomic mass is 9.97. The summed E-state index contributed by atoms with van der Waals surface area (Å²) in [4.78, 5) is 60.0. The van der Waals surface area contributed by atoms with Crippen molar-refractivity contribution in [3.05, 3.63) is 93.4 Å². The number of nitrogens with one attached hydrogen (secondary N) is 1. The van der Waals surface area contributed by atoms with Gasteiger partial charge < -0.3 is 4.90 Å². The minimum Gasteiger partial charge on any atom is -0.342 e. The number of likely N-dealkylation sites (tertiary alicyclic amines) is 1. The van der Waals surface area contributed by atoms with Crippen LogP contribution in [0.3, 0.4) is 0 Å². The largest absolute Gasteiger partial charge is 0.342 e. The first-order chi connectivity index (χ1) is 20.5. The topological polar surface area (TPSA) is 99.7 Å². The predicted molar refractivity (Wildman–Crippen MR) is 161 cm³/mol. The molecule has 8 nitrogen and oxygen atoms in total. The summed E-state index contributed by atoms with van der Waals surface area (Å²) in [6.07, 6.45) is 5.44. The zero-order chi connectivity index (χ0) is 28.8. The molecule has 3 aliphatic heterocycles. The molecular formula is C33H30N4O4S. The first kappa shape index (κ1) is 26.5. The lowest BCUT2D eigenvalue weighted by Gasteiger charge is -2.31. The molecule has 0 spiro atoms. The van der Waals surface area contributed by atoms with Crippen LogP contribution in [0, 0.1) is 0 Å². The van der Waals surface area contributed by atoms with Crippen LogP contribution in [0.25, 0.3) is 10.8 Å². The Bertz CT molecular complexity index is 1720. The average Bonchev–Trinajstić information content (AvgIpc) is 3.58. The molecule has 0 aliphatic carbocycles. The first-order valence-electron chi connectivity index (χ1n) is 14.4. The SMILES string of the molecule is O=C1CCC(N2C(=O)c3cccc4c(Cc5cnc(C6CCN(C(=O)Cc7ccccc7)CC6)s5)ccc2c34)C(=O)N1. The van der Waals surface area contributed by atoms with Gasteiger partial charge in [0.15, 0.2) is 0 Å². The van der Waals surface area contributed by atoms with Crippen molar-refractivity contribution in [1.82, 2.24) is 15.2 Å². The van der Waals surface area contributed by atoms with Crippen LogP contribution >= 0.6 is 11.3 Å². The molecule has 212 valence electrons. The van der Waals surface area contributed by atoms with Gasteiger partial charge in [-0.05, 0) is 47.9 Å². The highest BCUT2D eigenvalue weighted by molar-refractivity contribution is 7.11. The van der Waals surface area contributed by atoms with Gasteiger partial charge in [0, 0.05) is 53.9 Å². The van der Waals surface area contributed by atoms with Gasteiger partial charge >= 0.3 is 0 Å². The summed E-state index contributed by atoms with van der Waals surface area (Å²) < 4.78 is 0. The normalized spacial score (nSPS) is 19.0. The number of benzene rings is 3. The van der Waals surface area contributed by atoms with E-state index in [0.717, 1.165) is 63.4 Å². The molecule has 2 fully saturated rings. The highest BCUT2D eigenvalue weighted by Gasteiger charge is 2.40. The van der Waals surface area contributed by atoms with Gasteiger partial charge in [0.05, 0.1) is 17.1 Å². The fraction of sp³-hybridized carbons (Fsp3) is 0.303. The molecule has 3 aliphatic rings. The number of nitrogens with zero attached hydrogens (tertiary/aromatic N) is 3. The van der Waals surface area contributed by atoms with Gasteiger partial charge in [-0.25, -0.2) is 4.98 Å². The van der Waals surface area contributed by atoms with E-state index in [1.807, 2.05) is 71.8 Å². The Morgan fingerprint density at radius 3 is 2.55 bits per heavy atom. The minimum absolute atomic E-state index is 0.182. The Hall–Kier alpha value is -4.37. The number of aromatic nitrogens is 1. The summed E-state index contributed by atoms with van der Waals surface area (Å²) >= 11 is 1.73. The lowest BCUT2D eigenvalue weighted by Crippen LogP contribution is -2.53. The number of piperidine rings is 2. The van der Waals surface area contributed by atoms with Crippen LogP contribution in [0.5, 0.6) is 0 Å². The summed E-state index contributed by atoms with van der Waals surface area (Å²) in [5, 5.41) is 5.35. The summed E-state index contributed by atoms with van der Waals surface area (Å²) in [7, 11) is 0. The number of anilines is 1. The van der Waals surface area contributed by atoms with E-state index in [1.54, 1.807) is 16.2 Å². The number of thiazole rings is 1. The quantitative estimate of drug-likeness (QED) is 0.337. The smallest absolute Gasteiger partial charge is 0.259 e. The molecule has 1 atom stereocenters. The maximum Gasteiger partial charge on any atom is 0.259 e. The third-order valence-electron chi connectivity index (χ3n) is 8.67. The van der Waals surface area contributed by atoms with Crippen molar-refractivity contribution in [2.24, 2.45) is 0 Å². The van der Waals surface area contributed by atoms with Gasteiger partial charge in [0.1, 0.15) is 6.04 Å². The van der Waals surface area contributed by atoms with Gasteiger partial charge in [-0.15, -0.1) is 11.3 Å². The first-order valence-corrected chi connectivity index (χ1v) is 15.3. The van der Waals surface area contributed by atoms with E-state index in [1.165, 1.54) is 0 Å². The van der Waals surface area contributed by atoms with Crippen molar-refractivity contribution in [3.63, 3.8) is 0 Å².